The molecule has 2 aromatic rings. The van der Waals surface area contributed by atoms with E-state index < -0.39 is 5.97 Å². The van der Waals surface area contributed by atoms with Crippen LogP contribution in [-0.4, -0.2) is 34.0 Å². The Hall–Kier alpha value is -2.21. The Labute approximate surface area is 114 Å². The average molecular weight is 276 g/mol. The molecule has 20 heavy (non-hydrogen) atoms. The first-order chi connectivity index (χ1) is 9.61. The van der Waals surface area contributed by atoms with Crippen LogP contribution in [-0.2, 0) is 11.3 Å². The summed E-state index contributed by atoms with van der Waals surface area (Å²) in [6.45, 7) is 1.53. The zero-order valence-corrected chi connectivity index (χ0v) is 10.6. The van der Waals surface area contributed by atoms with Gasteiger partial charge in [-0.05, 0) is 24.3 Å². The minimum absolute atomic E-state index is 0.290. The molecule has 2 heterocycles. The lowest BCUT2D eigenvalue weighted by Gasteiger charge is -2.35. The lowest BCUT2D eigenvalue weighted by molar-refractivity contribution is -0.147. The number of carboxylic acid groups (broad SMARTS) is 1. The SMILES string of the molecule is O=C(O)C1CN(Cc2ncc(-c3ccc(F)cc3)o2)C1. The molecule has 0 spiro atoms. The summed E-state index contributed by atoms with van der Waals surface area (Å²) in [6, 6.07) is 5.99. The fourth-order valence-electron chi connectivity index (χ4n) is 2.18. The number of halogens is 1. The van der Waals surface area contributed by atoms with Crippen LogP contribution in [0, 0.1) is 11.7 Å². The molecule has 0 amide bonds. The maximum Gasteiger partial charge on any atom is 0.309 e. The maximum absolute atomic E-state index is 12.8. The molecule has 0 unspecified atom stereocenters. The van der Waals surface area contributed by atoms with Crippen molar-refractivity contribution in [1.82, 2.24) is 9.88 Å². The predicted molar refractivity (Wildman–Crippen MR) is 68.3 cm³/mol. The molecule has 1 aliphatic rings. The Morgan fingerprint density at radius 1 is 1.40 bits per heavy atom. The number of rotatable bonds is 4. The van der Waals surface area contributed by atoms with Gasteiger partial charge in [0.05, 0.1) is 18.7 Å². The number of aliphatic carboxylic acids is 1. The van der Waals surface area contributed by atoms with Gasteiger partial charge in [-0.15, -0.1) is 0 Å². The molecule has 1 fully saturated rings. The Morgan fingerprint density at radius 2 is 2.10 bits per heavy atom. The molecule has 0 atom stereocenters. The third kappa shape index (κ3) is 2.55. The summed E-state index contributed by atoms with van der Waals surface area (Å²) in [5.74, 6) is -0.237. The molecule has 104 valence electrons. The lowest BCUT2D eigenvalue weighted by atomic mass is 10.0. The second-order valence-corrected chi connectivity index (χ2v) is 4.85. The van der Waals surface area contributed by atoms with Crippen molar-refractivity contribution in [2.75, 3.05) is 13.1 Å². The van der Waals surface area contributed by atoms with E-state index in [1.165, 1.54) is 12.1 Å². The summed E-state index contributed by atoms with van der Waals surface area (Å²) in [5, 5.41) is 8.80. The third-order valence-corrected chi connectivity index (χ3v) is 3.35. The van der Waals surface area contributed by atoms with Gasteiger partial charge < -0.3 is 9.52 Å². The quantitative estimate of drug-likeness (QED) is 0.925. The lowest BCUT2D eigenvalue weighted by Crippen LogP contribution is -2.49. The van der Waals surface area contributed by atoms with Crippen LogP contribution >= 0.6 is 0 Å². The number of carboxylic acids is 1. The minimum Gasteiger partial charge on any atom is -0.481 e. The number of nitrogens with zero attached hydrogens (tertiary/aromatic N) is 2. The molecule has 1 aliphatic heterocycles. The molecular formula is C14H13FN2O3. The number of hydrogen-bond acceptors (Lipinski definition) is 4. The van der Waals surface area contributed by atoms with Crippen LogP contribution in [0.2, 0.25) is 0 Å². The monoisotopic (exact) mass is 276 g/mol. The van der Waals surface area contributed by atoms with E-state index in [1.54, 1.807) is 18.3 Å². The summed E-state index contributed by atoms with van der Waals surface area (Å²) in [4.78, 5) is 16.8. The van der Waals surface area contributed by atoms with Crippen molar-refractivity contribution in [2.24, 2.45) is 5.92 Å². The second kappa shape index (κ2) is 5.05. The molecule has 5 nitrogen and oxygen atoms in total. The number of hydrogen-bond donors (Lipinski definition) is 1. The Morgan fingerprint density at radius 3 is 2.75 bits per heavy atom. The van der Waals surface area contributed by atoms with Crippen LogP contribution in [0.15, 0.2) is 34.9 Å². The van der Waals surface area contributed by atoms with E-state index in [0.717, 1.165) is 5.56 Å². The summed E-state index contributed by atoms with van der Waals surface area (Å²) >= 11 is 0. The molecule has 0 radical (unpaired) electrons. The average Bonchev–Trinajstić information content (AvgIpc) is 2.82. The first-order valence-corrected chi connectivity index (χ1v) is 6.27. The Kier molecular flexibility index (Phi) is 3.23. The Balaban J connectivity index is 1.63. The van der Waals surface area contributed by atoms with Gasteiger partial charge in [0.15, 0.2) is 5.76 Å². The molecule has 1 saturated heterocycles. The van der Waals surface area contributed by atoms with Crippen LogP contribution < -0.4 is 0 Å². The Bertz CT molecular complexity index is 618. The van der Waals surface area contributed by atoms with Gasteiger partial charge in [-0.3, -0.25) is 9.69 Å². The third-order valence-electron chi connectivity index (χ3n) is 3.35. The largest absolute Gasteiger partial charge is 0.481 e. The summed E-state index contributed by atoms with van der Waals surface area (Å²) < 4.78 is 18.4. The van der Waals surface area contributed by atoms with Crippen molar-refractivity contribution in [3.05, 3.63) is 42.2 Å². The van der Waals surface area contributed by atoms with Crippen molar-refractivity contribution in [1.29, 1.82) is 0 Å². The fraction of sp³-hybridized carbons (Fsp3) is 0.286. The van der Waals surface area contributed by atoms with Gasteiger partial charge in [0, 0.05) is 18.7 Å². The molecular weight excluding hydrogens is 263 g/mol. The zero-order chi connectivity index (χ0) is 14.1. The van der Waals surface area contributed by atoms with Crippen LogP contribution in [0.5, 0.6) is 0 Å². The van der Waals surface area contributed by atoms with E-state index in [4.69, 9.17) is 9.52 Å². The van der Waals surface area contributed by atoms with Crippen LogP contribution in [0.4, 0.5) is 4.39 Å². The second-order valence-electron chi connectivity index (χ2n) is 4.85. The number of aromatic nitrogens is 1. The van der Waals surface area contributed by atoms with Crippen molar-refractivity contribution in [3.8, 4) is 11.3 Å². The van der Waals surface area contributed by atoms with E-state index in [9.17, 15) is 9.18 Å². The zero-order valence-electron chi connectivity index (χ0n) is 10.6. The fourth-order valence-corrected chi connectivity index (χ4v) is 2.18. The van der Waals surface area contributed by atoms with Gasteiger partial charge >= 0.3 is 5.97 Å². The van der Waals surface area contributed by atoms with Gasteiger partial charge in [-0.1, -0.05) is 0 Å². The number of carbonyl (C=O) groups is 1. The highest BCUT2D eigenvalue weighted by Crippen LogP contribution is 2.23. The van der Waals surface area contributed by atoms with Gasteiger partial charge in [0.2, 0.25) is 5.89 Å². The molecule has 1 aromatic carbocycles. The number of benzene rings is 1. The number of likely N-dealkylation sites (tertiary alicyclic amines) is 1. The summed E-state index contributed by atoms with van der Waals surface area (Å²) in [6.07, 6.45) is 1.59. The van der Waals surface area contributed by atoms with E-state index in [1.807, 2.05) is 4.90 Å². The van der Waals surface area contributed by atoms with Crippen molar-refractivity contribution >= 4 is 5.97 Å². The van der Waals surface area contributed by atoms with Crippen LogP contribution in [0.3, 0.4) is 0 Å². The minimum atomic E-state index is -0.763. The smallest absolute Gasteiger partial charge is 0.309 e. The number of oxazole rings is 1. The van der Waals surface area contributed by atoms with E-state index in [0.29, 0.717) is 31.3 Å². The summed E-state index contributed by atoms with van der Waals surface area (Å²) in [7, 11) is 0. The highest BCUT2D eigenvalue weighted by Gasteiger charge is 2.33. The highest BCUT2D eigenvalue weighted by molar-refractivity contribution is 5.71. The van der Waals surface area contributed by atoms with Gasteiger partial charge in [0.25, 0.3) is 0 Å². The van der Waals surface area contributed by atoms with Crippen molar-refractivity contribution < 1.29 is 18.7 Å². The molecule has 3 rings (SSSR count). The van der Waals surface area contributed by atoms with Crippen molar-refractivity contribution in [2.45, 2.75) is 6.54 Å². The van der Waals surface area contributed by atoms with E-state index in [2.05, 4.69) is 4.98 Å². The van der Waals surface area contributed by atoms with E-state index >= 15 is 0 Å². The van der Waals surface area contributed by atoms with Crippen LogP contribution in [0.25, 0.3) is 11.3 Å². The van der Waals surface area contributed by atoms with Crippen LogP contribution in [0.1, 0.15) is 5.89 Å². The molecule has 1 N–H and O–H groups in total. The van der Waals surface area contributed by atoms with Gasteiger partial charge in [-0.25, -0.2) is 9.37 Å². The first kappa shape index (κ1) is 12.8. The van der Waals surface area contributed by atoms with E-state index in [-0.39, 0.29) is 11.7 Å². The van der Waals surface area contributed by atoms with Crippen molar-refractivity contribution in [3.63, 3.8) is 0 Å². The van der Waals surface area contributed by atoms with Gasteiger partial charge in [0.1, 0.15) is 5.82 Å². The standard InChI is InChI=1S/C14H13FN2O3/c15-11-3-1-9(2-4-11)12-5-16-13(20-12)8-17-6-10(7-17)14(18)19/h1-5,10H,6-8H2,(H,18,19). The first-order valence-electron chi connectivity index (χ1n) is 6.27. The molecule has 0 bridgehead atoms. The maximum atomic E-state index is 12.8. The molecule has 0 saturated carbocycles. The molecule has 1 aromatic heterocycles. The summed E-state index contributed by atoms with van der Waals surface area (Å²) in [5.41, 5.74) is 0.761. The van der Waals surface area contributed by atoms with Gasteiger partial charge in [-0.2, -0.15) is 0 Å². The highest BCUT2D eigenvalue weighted by atomic mass is 19.1. The normalized spacial score (nSPS) is 16.1. The topological polar surface area (TPSA) is 66.6 Å². The molecule has 6 heteroatoms. The predicted octanol–water partition coefficient (Wildman–Crippen LogP) is 2.00. The molecule has 0 aliphatic carbocycles.